The van der Waals surface area contributed by atoms with Crippen molar-refractivity contribution in [2.45, 2.75) is 26.4 Å². The number of aryl methyl sites for hydroxylation is 2. The van der Waals surface area contributed by atoms with E-state index in [1.54, 1.807) is 14.2 Å². The van der Waals surface area contributed by atoms with E-state index in [0.29, 0.717) is 12.3 Å². The average molecular weight is 276 g/mol. The van der Waals surface area contributed by atoms with Crippen LogP contribution in [0.15, 0.2) is 18.2 Å². The van der Waals surface area contributed by atoms with E-state index in [1.807, 2.05) is 36.7 Å². The van der Waals surface area contributed by atoms with E-state index in [4.69, 9.17) is 15.2 Å². The quantitative estimate of drug-likeness (QED) is 0.898. The topological polar surface area (TPSA) is 75.2 Å². The van der Waals surface area contributed by atoms with Gasteiger partial charge in [-0.2, -0.15) is 5.10 Å². The Morgan fingerprint density at radius 2 is 2.00 bits per heavy atom. The second kappa shape index (κ2) is 5.92. The van der Waals surface area contributed by atoms with E-state index < -0.39 is 0 Å². The maximum Gasteiger partial charge on any atom is 0.147 e. The number of aromatic nitrogens is 3. The zero-order valence-electron chi connectivity index (χ0n) is 12.3. The molecule has 0 saturated heterocycles. The molecule has 0 saturated carbocycles. The highest BCUT2D eigenvalue weighted by atomic mass is 16.5. The number of hydrogen-bond donors (Lipinski definition) is 1. The molecule has 2 N–H and O–H groups in total. The van der Waals surface area contributed by atoms with Crippen molar-refractivity contribution in [3.05, 3.63) is 35.4 Å². The molecular weight excluding hydrogens is 256 g/mol. The lowest BCUT2D eigenvalue weighted by atomic mass is 10.1. The zero-order valence-corrected chi connectivity index (χ0v) is 12.3. The van der Waals surface area contributed by atoms with Crippen molar-refractivity contribution >= 4 is 0 Å². The van der Waals surface area contributed by atoms with Crippen LogP contribution in [-0.2, 0) is 6.54 Å². The molecule has 0 amide bonds. The van der Waals surface area contributed by atoms with E-state index in [2.05, 4.69) is 10.1 Å². The van der Waals surface area contributed by atoms with Crippen LogP contribution in [0, 0.1) is 13.8 Å². The molecule has 1 atom stereocenters. The van der Waals surface area contributed by atoms with Crippen LogP contribution in [0.4, 0.5) is 0 Å². The number of nitrogens with zero attached hydrogens (tertiary/aromatic N) is 3. The van der Waals surface area contributed by atoms with Crippen LogP contribution in [0.25, 0.3) is 0 Å². The van der Waals surface area contributed by atoms with Gasteiger partial charge in [-0.25, -0.2) is 9.67 Å². The summed E-state index contributed by atoms with van der Waals surface area (Å²) in [6.45, 7) is 4.33. The lowest BCUT2D eigenvalue weighted by Crippen LogP contribution is -2.20. The Balaban J connectivity index is 2.24. The Morgan fingerprint density at radius 3 is 2.55 bits per heavy atom. The van der Waals surface area contributed by atoms with E-state index >= 15 is 0 Å². The summed E-state index contributed by atoms with van der Waals surface area (Å²) < 4.78 is 12.4. The van der Waals surface area contributed by atoms with Crippen molar-refractivity contribution in [2.24, 2.45) is 5.73 Å². The van der Waals surface area contributed by atoms with Gasteiger partial charge in [-0.3, -0.25) is 0 Å². The molecule has 1 heterocycles. The van der Waals surface area contributed by atoms with Crippen LogP contribution < -0.4 is 15.2 Å². The molecule has 0 aliphatic rings. The molecular formula is C14H20N4O2. The van der Waals surface area contributed by atoms with E-state index in [0.717, 1.165) is 23.0 Å². The van der Waals surface area contributed by atoms with Gasteiger partial charge in [0.2, 0.25) is 0 Å². The van der Waals surface area contributed by atoms with Crippen molar-refractivity contribution in [1.29, 1.82) is 0 Å². The van der Waals surface area contributed by atoms with Crippen molar-refractivity contribution in [2.75, 3.05) is 14.2 Å². The molecule has 108 valence electrons. The number of nitrogens with two attached hydrogens (primary N) is 1. The van der Waals surface area contributed by atoms with Gasteiger partial charge in [0.25, 0.3) is 0 Å². The van der Waals surface area contributed by atoms with Crippen molar-refractivity contribution in [1.82, 2.24) is 14.8 Å². The molecule has 0 aliphatic carbocycles. The Bertz CT molecular complexity index is 595. The molecule has 6 nitrogen and oxygen atoms in total. The maximum absolute atomic E-state index is 6.26. The van der Waals surface area contributed by atoms with Gasteiger partial charge in [0.05, 0.1) is 26.8 Å². The van der Waals surface area contributed by atoms with Crippen LogP contribution in [-0.4, -0.2) is 29.0 Å². The van der Waals surface area contributed by atoms with Crippen molar-refractivity contribution < 1.29 is 9.47 Å². The molecule has 0 aliphatic heterocycles. The summed E-state index contributed by atoms with van der Waals surface area (Å²) in [5, 5.41) is 4.32. The van der Waals surface area contributed by atoms with E-state index in [1.165, 1.54) is 0 Å². The fraction of sp³-hybridized carbons (Fsp3) is 0.429. The molecule has 0 radical (unpaired) electrons. The fourth-order valence-corrected chi connectivity index (χ4v) is 2.14. The SMILES string of the molecule is COc1ccc(C(N)Cn2nc(C)nc2C)c(OC)c1. The minimum absolute atomic E-state index is 0.226. The molecule has 6 heteroatoms. The number of ether oxygens (including phenoxy) is 2. The third-order valence-corrected chi connectivity index (χ3v) is 3.17. The minimum Gasteiger partial charge on any atom is -0.497 e. The van der Waals surface area contributed by atoms with Crippen LogP contribution in [0.2, 0.25) is 0 Å². The van der Waals surface area contributed by atoms with Crippen molar-refractivity contribution in [3.8, 4) is 11.5 Å². The molecule has 2 rings (SSSR count). The first-order chi connectivity index (χ1) is 9.55. The number of methoxy groups -OCH3 is 2. The fourth-order valence-electron chi connectivity index (χ4n) is 2.14. The van der Waals surface area contributed by atoms with Gasteiger partial charge >= 0.3 is 0 Å². The molecule has 1 aromatic carbocycles. The Labute approximate surface area is 118 Å². The molecule has 1 aromatic heterocycles. The van der Waals surface area contributed by atoms with E-state index in [-0.39, 0.29) is 6.04 Å². The minimum atomic E-state index is -0.226. The van der Waals surface area contributed by atoms with Gasteiger partial charge in [0, 0.05) is 11.6 Å². The lowest BCUT2D eigenvalue weighted by Gasteiger charge is -2.17. The summed E-state index contributed by atoms with van der Waals surface area (Å²) >= 11 is 0. The van der Waals surface area contributed by atoms with Crippen LogP contribution in [0.5, 0.6) is 11.5 Å². The predicted molar refractivity (Wildman–Crippen MR) is 76.0 cm³/mol. The second-order valence-electron chi connectivity index (χ2n) is 4.60. The monoisotopic (exact) mass is 276 g/mol. The molecule has 0 spiro atoms. The maximum atomic E-state index is 6.26. The Morgan fingerprint density at radius 1 is 1.25 bits per heavy atom. The zero-order chi connectivity index (χ0) is 14.7. The molecule has 1 unspecified atom stereocenters. The Kier molecular flexibility index (Phi) is 4.24. The first kappa shape index (κ1) is 14.3. The summed E-state index contributed by atoms with van der Waals surface area (Å²) in [5.74, 6) is 3.05. The molecule has 0 bridgehead atoms. The van der Waals surface area contributed by atoms with Crippen LogP contribution >= 0.6 is 0 Å². The summed E-state index contributed by atoms with van der Waals surface area (Å²) in [6, 6.07) is 5.39. The average Bonchev–Trinajstić information content (AvgIpc) is 2.75. The predicted octanol–water partition coefficient (Wildman–Crippen LogP) is 1.61. The van der Waals surface area contributed by atoms with Gasteiger partial charge < -0.3 is 15.2 Å². The highest BCUT2D eigenvalue weighted by Crippen LogP contribution is 2.29. The van der Waals surface area contributed by atoms with Crippen molar-refractivity contribution in [3.63, 3.8) is 0 Å². The highest BCUT2D eigenvalue weighted by molar-refractivity contribution is 5.42. The Hall–Kier alpha value is -2.08. The van der Waals surface area contributed by atoms with Gasteiger partial charge in [0.1, 0.15) is 23.1 Å². The van der Waals surface area contributed by atoms with Gasteiger partial charge in [-0.15, -0.1) is 0 Å². The molecule has 2 aromatic rings. The normalized spacial score (nSPS) is 12.2. The van der Waals surface area contributed by atoms with Gasteiger partial charge in [-0.05, 0) is 19.9 Å². The summed E-state index contributed by atoms with van der Waals surface area (Å²) in [6.07, 6.45) is 0. The van der Waals surface area contributed by atoms with Gasteiger partial charge in [-0.1, -0.05) is 6.07 Å². The standard InChI is InChI=1S/C14H20N4O2/c1-9-16-10(2)18(17-9)8-13(15)12-6-5-11(19-3)7-14(12)20-4/h5-7,13H,8,15H2,1-4H3. The lowest BCUT2D eigenvalue weighted by molar-refractivity contribution is 0.384. The van der Waals surface area contributed by atoms with Crippen LogP contribution in [0.3, 0.4) is 0 Å². The summed E-state index contributed by atoms with van der Waals surface area (Å²) in [5.41, 5.74) is 7.18. The third kappa shape index (κ3) is 2.91. The number of benzene rings is 1. The van der Waals surface area contributed by atoms with Crippen LogP contribution in [0.1, 0.15) is 23.3 Å². The molecule has 0 fully saturated rings. The van der Waals surface area contributed by atoms with Gasteiger partial charge in [0.15, 0.2) is 0 Å². The molecule has 20 heavy (non-hydrogen) atoms. The number of rotatable bonds is 5. The third-order valence-electron chi connectivity index (χ3n) is 3.17. The second-order valence-corrected chi connectivity index (χ2v) is 4.60. The first-order valence-electron chi connectivity index (χ1n) is 6.40. The highest BCUT2D eigenvalue weighted by Gasteiger charge is 2.15. The largest absolute Gasteiger partial charge is 0.497 e. The van der Waals surface area contributed by atoms with E-state index in [9.17, 15) is 0 Å². The summed E-state index contributed by atoms with van der Waals surface area (Å²) in [7, 11) is 3.24. The smallest absolute Gasteiger partial charge is 0.147 e. The first-order valence-corrected chi connectivity index (χ1v) is 6.40. The summed E-state index contributed by atoms with van der Waals surface area (Å²) in [4.78, 5) is 4.27. The number of hydrogen-bond acceptors (Lipinski definition) is 5.